The van der Waals surface area contributed by atoms with Crippen LogP contribution in [0.15, 0.2) is 53.7 Å². The molecule has 0 saturated heterocycles. The molecule has 0 atom stereocenters. The van der Waals surface area contributed by atoms with Gasteiger partial charge in [-0.3, -0.25) is 4.79 Å². The van der Waals surface area contributed by atoms with Crippen LogP contribution < -0.4 is 15.2 Å². The molecule has 20 heavy (non-hydrogen) atoms. The van der Waals surface area contributed by atoms with E-state index in [-0.39, 0.29) is 4.90 Å². The Labute approximate surface area is 115 Å². The summed E-state index contributed by atoms with van der Waals surface area (Å²) >= 11 is 0. The molecular formula is C12H11N3O4S. The first kappa shape index (κ1) is 14.0. The third-order valence-corrected chi connectivity index (χ3v) is 3.43. The number of anilines is 1. The van der Waals surface area contributed by atoms with Crippen LogP contribution in [0.1, 0.15) is 10.4 Å². The fourth-order valence-corrected chi connectivity index (χ4v) is 2.01. The van der Waals surface area contributed by atoms with Gasteiger partial charge < -0.3 is 10.5 Å². The van der Waals surface area contributed by atoms with E-state index in [2.05, 4.69) is 5.32 Å². The number of nitrogens with one attached hydrogen (secondary N) is 1. The van der Waals surface area contributed by atoms with Crippen LogP contribution >= 0.6 is 0 Å². The van der Waals surface area contributed by atoms with Crippen molar-refractivity contribution in [3.63, 3.8) is 0 Å². The minimum absolute atomic E-state index is 0.0393. The zero-order chi connectivity index (χ0) is 14.8. The lowest BCUT2D eigenvalue weighted by molar-refractivity contribution is -0.605. The Hall–Kier alpha value is -2.45. The van der Waals surface area contributed by atoms with E-state index in [1.165, 1.54) is 48.8 Å². The summed E-state index contributed by atoms with van der Waals surface area (Å²) in [6, 6.07) is 8.19. The fraction of sp³-hybridized carbons (Fsp3) is 0. The second-order valence-corrected chi connectivity index (χ2v) is 5.53. The summed E-state index contributed by atoms with van der Waals surface area (Å²) in [5, 5.41) is 18.4. The first-order chi connectivity index (χ1) is 9.36. The van der Waals surface area contributed by atoms with Crippen LogP contribution in [0.4, 0.5) is 5.69 Å². The first-order valence-corrected chi connectivity index (χ1v) is 7.04. The summed E-state index contributed by atoms with van der Waals surface area (Å²) in [4.78, 5) is 11.8. The Morgan fingerprint density at radius 3 is 2.15 bits per heavy atom. The van der Waals surface area contributed by atoms with Crippen molar-refractivity contribution in [2.75, 3.05) is 5.32 Å². The molecule has 8 heteroatoms. The number of amides is 1. The van der Waals surface area contributed by atoms with Crippen molar-refractivity contribution in [1.82, 2.24) is 0 Å². The zero-order valence-electron chi connectivity index (χ0n) is 10.2. The summed E-state index contributed by atoms with van der Waals surface area (Å²) in [5.41, 5.74) is 0.730. The second-order valence-electron chi connectivity index (χ2n) is 3.97. The van der Waals surface area contributed by atoms with E-state index < -0.39 is 15.9 Å². The highest BCUT2D eigenvalue weighted by atomic mass is 32.2. The van der Waals surface area contributed by atoms with Crippen molar-refractivity contribution in [1.29, 1.82) is 0 Å². The number of hydrogen-bond acceptors (Lipinski definition) is 4. The lowest BCUT2D eigenvalue weighted by Crippen LogP contribution is -2.25. The average molecular weight is 293 g/mol. The number of rotatable bonds is 3. The topological polar surface area (TPSA) is 116 Å². The number of nitrogens with two attached hydrogens (primary N) is 1. The number of primary sulfonamides is 1. The van der Waals surface area contributed by atoms with Gasteiger partial charge in [-0.05, 0) is 24.3 Å². The molecule has 1 amide bonds. The van der Waals surface area contributed by atoms with Crippen LogP contribution in [0.3, 0.4) is 0 Å². The van der Waals surface area contributed by atoms with Crippen LogP contribution in [-0.2, 0) is 10.0 Å². The van der Waals surface area contributed by atoms with E-state index in [1.54, 1.807) is 0 Å². The summed E-state index contributed by atoms with van der Waals surface area (Å²) in [6.45, 7) is 0. The molecule has 1 aromatic carbocycles. The number of hydrogen-bond donors (Lipinski definition) is 2. The summed E-state index contributed by atoms with van der Waals surface area (Å²) in [7, 11) is -3.76. The van der Waals surface area contributed by atoms with E-state index >= 15 is 0 Å². The molecule has 0 radical (unpaired) electrons. The van der Waals surface area contributed by atoms with Crippen LogP contribution in [0.25, 0.3) is 0 Å². The zero-order valence-corrected chi connectivity index (χ0v) is 11.0. The monoisotopic (exact) mass is 293 g/mol. The van der Waals surface area contributed by atoms with E-state index in [0.717, 1.165) is 0 Å². The number of carbonyl (C=O) groups excluding carboxylic acids is 1. The van der Waals surface area contributed by atoms with Gasteiger partial charge in [0.1, 0.15) is 0 Å². The van der Waals surface area contributed by atoms with E-state index in [1.807, 2.05) is 0 Å². The lowest BCUT2D eigenvalue weighted by atomic mass is 10.2. The predicted molar refractivity (Wildman–Crippen MR) is 71.2 cm³/mol. The van der Waals surface area contributed by atoms with Crippen molar-refractivity contribution >= 4 is 21.6 Å². The van der Waals surface area contributed by atoms with E-state index in [4.69, 9.17) is 5.14 Å². The Bertz CT molecular complexity index is 724. The summed E-state index contributed by atoms with van der Waals surface area (Å²) < 4.78 is 22.7. The molecule has 0 aliphatic carbocycles. The van der Waals surface area contributed by atoms with Crippen molar-refractivity contribution in [3.8, 4) is 0 Å². The Morgan fingerprint density at radius 2 is 1.65 bits per heavy atom. The number of aromatic nitrogens is 1. The normalized spacial score (nSPS) is 11.1. The van der Waals surface area contributed by atoms with Crippen molar-refractivity contribution < 1.29 is 17.9 Å². The molecule has 0 fully saturated rings. The molecule has 2 aromatic rings. The minimum atomic E-state index is -3.76. The van der Waals surface area contributed by atoms with Crippen LogP contribution in [0, 0.1) is 5.21 Å². The molecular weight excluding hydrogens is 282 g/mol. The van der Waals surface area contributed by atoms with Gasteiger partial charge in [0.15, 0.2) is 12.4 Å². The maximum atomic E-state index is 11.8. The largest absolute Gasteiger partial charge is 0.619 e. The Morgan fingerprint density at radius 1 is 1.10 bits per heavy atom. The smallest absolute Gasteiger partial charge is 0.256 e. The van der Waals surface area contributed by atoms with Crippen molar-refractivity contribution in [2.45, 2.75) is 4.90 Å². The standard InChI is InChI=1S/C12H11N3O4S/c13-20(18,19)11-3-1-10(2-4-11)14-12(16)9-5-7-15(17)8-6-9/h1-8H,(H,14,16)(H2,13,18,19). The average Bonchev–Trinajstić information content (AvgIpc) is 2.39. The van der Waals surface area contributed by atoms with Gasteiger partial charge >= 0.3 is 0 Å². The second kappa shape index (κ2) is 5.27. The minimum Gasteiger partial charge on any atom is -0.619 e. The molecule has 1 heterocycles. The molecule has 0 aliphatic heterocycles. The number of sulfonamides is 1. The molecule has 0 spiro atoms. The Kier molecular flexibility index (Phi) is 3.68. The van der Waals surface area contributed by atoms with Gasteiger partial charge in [0, 0.05) is 17.8 Å². The SMILES string of the molecule is NS(=O)(=O)c1ccc(NC(=O)c2cc[n+]([O-])cc2)cc1. The molecule has 2 rings (SSSR count). The maximum Gasteiger partial charge on any atom is 0.256 e. The number of carbonyl (C=O) groups is 1. The molecule has 104 valence electrons. The first-order valence-electron chi connectivity index (χ1n) is 5.49. The molecule has 3 N–H and O–H groups in total. The molecule has 7 nitrogen and oxygen atoms in total. The number of pyridine rings is 1. The molecule has 0 saturated carbocycles. The quantitative estimate of drug-likeness (QED) is 0.622. The van der Waals surface area contributed by atoms with E-state index in [0.29, 0.717) is 16.0 Å². The van der Waals surface area contributed by atoms with Gasteiger partial charge in [-0.25, -0.2) is 13.6 Å². The summed E-state index contributed by atoms with van der Waals surface area (Å²) in [5.74, 6) is -0.408. The van der Waals surface area contributed by atoms with Crippen LogP contribution in [-0.4, -0.2) is 14.3 Å². The van der Waals surface area contributed by atoms with E-state index in [9.17, 15) is 18.4 Å². The summed E-state index contributed by atoms with van der Waals surface area (Å²) in [6.07, 6.45) is 2.41. The highest BCUT2D eigenvalue weighted by Crippen LogP contribution is 2.13. The predicted octanol–water partition coefficient (Wildman–Crippen LogP) is 0.220. The molecule has 0 bridgehead atoms. The highest BCUT2D eigenvalue weighted by Gasteiger charge is 2.09. The lowest BCUT2D eigenvalue weighted by Gasteiger charge is -2.05. The number of nitrogens with zero attached hydrogens (tertiary/aromatic N) is 1. The third kappa shape index (κ3) is 3.31. The maximum absolute atomic E-state index is 11.8. The van der Waals surface area contributed by atoms with Crippen LogP contribution in [0.5, 0.6) is 0 Å². The molecule has 0 unspecified atom stereocenters. The van der Waals surface area contributed by atoms with Gasteiger partial charge in [0.05, 0.1) is 10.5 Å². The third-order valence-electron chi connectivity index (χ3n) is 2.50. The van der Waals surface area contributed by atoms with Crippen molar-refractivity contribution in [2.24, 2.45) is 5.14 Å². The fourth-order valence-electron chi connectivity index (χ4n) is 1.50. The Balaban J connectivity index is 2.14. The molecule has 1 aromatic heterocycles. The van der Waals surface area contributed by atoms with Gasteiger partial charge in [-0.1, -0.05) is 0 Å². The highest BCUT2D eigenvalue weighted by molar-refractivity contribution is 7.89. The van der Waals surface area contributed by atoms with Gasteiger partial charge in [-0.2, -0.15) is 4.73 Å². The van der Waals surface area contributed by atoms with Gasteiger partial charge in [0.25, 0.3) is 5.91 Å². The van der Waals surface area contributed by atoms with Crippen molar-refractivity contribution in [3.05, 3.63) is 59.6 Å². The molecule has 0 aliphatic rings. The van der Waals surface area contributed by atoms with Gasteiger partial charge in [0.2, 0.25) is 10.0 Å². The van der Waals surface area contributed by atoms with Gasteiger partial charge in [-0.15, -0.1) is 0 Å². The van der Waals surface area contributed by atoms with Crippen LogP contribution in [0.2, 0.25) is 0 Å². The number of benzene rings is 1.